The molecule has 0 spiro atoms. The van der Waals surface area contributed by atoms with Crippen molar-refractivity contribution in [1.29, 1.82) is 5.26 Å². The van der Waals surface area contributed by atoms with E-state index < -0.39 is 0 Å². The van der Waals surface area contributed by atoms with Crippen LogP contribution in [0, 0.1) is 17.2 Å². The Kier molecular flexibility index (Phi) is 3.65. The molecule has 0 radical (unpaired) electrons. The number of nitrogens with one attached hydrogen (secondary N) is 1. The third-order valence-corrected chi connectivity index (χ3v) is 4.94. The zero-order valence-electron chi connectivity index (χ0n) is 13.2. The molecule has 0 saturated heterocycles. The maximum absolute atomic E-state index is 10.8. The SMILES string of the molecule is N#CCC(C1CCCC1)n1ncc(-c2ncnc3[nH]ccc23)c1O. The lowest BCUT2D eigenvalue weighted by atomic mass is 9.96. The lowest BCUT2D eigenvalue weighted by molar-refractivity contribution is 0.278. The van der Waals surface area contributed by atoms with Crippen molar-refractivity contribution in [3.63, 3.8) is 0 Å². The molecule has 1 aliphatic carbocycles. The van der Waals surface area contributed by atoms with Crippen LogP contribution in [-0.4, -0.2) is 29.8 Å². The van der Waals surface area contributed by atoms with E-state index in [1.54, 1.807) is 17.1 Å². The number of aromatic amines is 1. The highest BCUT2D eigenvalue weighted by molar-refractivity contribution is 5.91. The number of nitrogens with zero attached hydrogens (tertiary/aromatic N) is 5. The number of nitriles is 1. The number of aromatic nitrogens is 5. The predicted molar refractivity (Wildman–Crippen MR) is 88.0 cm³/mol. The fourth-order valence-electron chi connectivity index (χ4n) is 3.74. The minimum absolute atomic E-state index is 0.0725. The Labute approximate surface area is 139 Å². The third-order valence-electron chi connectivity index (χ3n) is 4.94. The number of aromatic hydroxyl groups is 1. The Morgan fingerprint density at radius 2 is 2.21 bits per heavy atom. The molecule has 0 aliphatic heterocycles. The van der Waals surface area contributed by atoms with Crippen LogP contribution < -0.4 is 0 Å². The Morgan fingerprint density at radius 1 is 1.38 bits per heavy atom. The second-order valence-electron chi connectivity index (χ2n) is 6.26. The second-order valence-corrected chi connectivity index (χ2v) is 6.26. The first kappa shape index (κ1) is 14.7. The maximum atomic E-state index is 10.8. The number of H-pyrrole nitrogens is 1. The van der Waals surface area contributed by atoms with Gasteiger partial charge in [0.2, 0.25) is 5.88 Å². The molecule has 1 fully saturated rings. The second kappa shape index (κ2) is 5.96. The van der Waals surface area contributed by atoms with Gasteiger partial charge in [0.05, 0.1) is 36.0 Å². The first-order valence-electron chi connectivity index (χ1n) is 8.21. The van der Waals surface area contributed by atoms with E-state index in [-0.39, 0.29) is 11.9 Å². The molecule has 7 nitrogen and oxygen atoms in total. The molecule has 0 amide bonds. The van der Waals surface area contributed by atoms with Gasteiger partial charge in [0.15, 0.2) is 0 Å². The zero-order valence-corrected chi connectivity index (χ0v) is 13.2. The molecule has 4 rings (SSSR count). The molecule has 1 aliphatic rings. The van der Waals surface area contributed by atoms with Crippen LogP contribution in [0.1, 0.15) is 38.1 Å². The van der Waals surface area contributed by atoms with Gasteiger partial charge in [-0.05, 0) is 24.8 Å². The van der Waals surface area contributed by atoms with Crippen LogP contribution in [-0.2, 0) is 0 Å². The summed E-state index contributed by atoms with van der Waals surface area (Å²) in [6.45, 7) is 0. The van der Waals surface area contributed by atoms with Crippen LogP contribution in [0.25, 0.3) is 22.3 Å². The van der Waals surface area contributed by atoms with Gasteiger partial charge >= 0.3 is 0 Å². The average Bonchev–Trinajstić information content (AvgIpc) is 3.33. The number of hydrogen-bond donors (Lipinski definition) is 2. The summed E-state index contributed by atoms with van der Waals surface area (Å²) in [4.78, 5) is 11.5. The van der Waals surface area contributed by atoms with Crippen LogP contribution in [0.15, 0.2) is 24.8 Å². The van der Waals surface area contributed by atoms with Crippen LogP contribution in [0.5, 0.6) is 5.88 Å². The molecule has 0 aromatic carbocycles. The summed E-state index contributed by atoms with van der Waals surface area (Å²) in [6.07, 6.45) is 9.75. The van der Waals surface area contributed by atoms with Crippen molar-refractivity contribution in [2.75, 3.05) is 0 Å². The molecule has 1 atom stereocenters. The van der Waals surface area contributed by atoms with Crippen LogP contribution in [0.3, 0.4) is 0 Å². The van der Waals surface area contributed by atoms with Crippen molar-refractivity contribution >= 4 is 11.0 Å². The monoisotopic (exact) mass is 322 g/mol. The summed E-state index contributed by atoms with van der Waals surface area (Å²) in [5, 5.41) is 25.2. The van der Waals surface area contributed by atoms with E-state index in [0.717, 1.165) is 23.9 Å². The van der Waals surface area contributed by atoms with E-state index in [1.165, 1.54) is 19.2 Å². The Bertz CT molecular complexity index is 899. The molecule has 1 unspecified atom stereocenters. The number of rotatable bonds is 4. The molecule has 1 saturated carbocycles. The minimum atomic E-state index is -0.0881. The maximum Gasteiger partial charge on any atom is 0.219 e. The lowest BCUT2D eigenvalue weighted by Gasteiger charge is -2.22. The first-order valence-corrected chi connectivity index (χ1v) is 8.21. The van der Waals surface area contributed by atoms with Gasteiger partial charge in [-0.3, -0.25) is 0 Å². The molecule has 3 aromatic heterocycles. The normalized spacial score (nSPS) is 16.5. The number of fused-ring (bicyclic) bond motifs is 1. The molecule has 122 valence electrons. The van der Waals surface area contributed by atoms with Gasteiger partial charge in [-0.25, -0.2) is 14.6 Å². The van der Waals surface area contributed by atoms with Crippen LogP contribution >= 0.6 is 0 Å². The summed E-state index contributed by atoms with van der Waals surface area (Å²) >= 11 is 0. The third kappa shape index (κ3) is 2.31. The molecular formula is C17H18N6O. The summed E-state index contributed by atoms with van der Waals surface area (Å²) in [6, 6.07) is 4.03. The Morgan fingerprint density at radius 3 is 3.00 bits per heavy atom. The zero-order chi connectivity index (χ0) is 16.5. The summed E-state index contributed by atoms with van der Waals surface area (Å²) in [7, 11) is 0. The van der Waals surface area contributed by atoms with E-state index in [2.05, 4.69) is 26.1 Å². The van der Waals surface area contributed by atoms with Crippen molar-refractivity contribution in [3.8, 4) is 23.2 Å². The molecule has 24 heavy (non-hydrogen) atoms. The summed E-state index contributed by atoms with van der Waals surface area (Å²) < 4.78 is 1.61. The van der Waals surface area contributed by atoms with Gasteiger partial charge in [-0.1, -0.05) is 12.8 Å². The van der Waals surface area contributed by atoms with Crippen LogP contribution in [0.2, 0.25) is 0 Å². The minimum Gasteiger partial charge on any atom is -0.493 e. The highest BCUT2D eigenvalue weighted by atomic mass is 16.3. The summed E-state index contributed by atoms with van der Waals surface area (Å²) in [5.41, 5.74) is 1.94. The highest BCUT2D eigenvalue weighted by Gasteiger charge is 2.30. The van der Waals surface area contributed by atoms with Crippen molar-refractivity contribution in [2.45, 2.75) is 38.1 Å². The largest absolute Gasteiger partial charge is 0.493 e. The smallest absolute Gasteiger partial charge is 0.219 e. The Balaban J connectivity index is 1.77. The van der Waals surface area contributed by atoms with E-state index in [1.807, 2.05) is 6.07 Å². The van der Waals surface area contributed by atoms with E-state index in [0.29, 0.717) is 23.6 Å². The van der Waals surface area contributed by atoms with Crippen LogP contribution in [0.4, 0.5) is 0 Å². The van der Waals surface area contributed by atoms with E-state index in [9.17, 15) is 10.4 Å². The summed E-state index contributed by atoms with van der Waals surface area (Å²) in [5.74, 6) is 0.462. The molecule has 2 N–H and O–H groups in total. The van der Waals surface area contributed by atoms with Crippen molar-refractivity contribution in [2.24, 2.45) is 5.92 Å². The molecule has 3 aromatic rings. The predicted octanol–water partition coefficient (Wildman–Crippen LogP) is 3.17. The molecule has 7 heteroatoms. The van der Waals surface area contributed by atoms with Gasteiger partial charge in [-0.2, -0.15) is 10.4 Å². The fourth-order valence-corrected chi connectivity index (χ4v) is 3.74. The van der Waals surface area contributed by atoms with Gasteiger partial charge in [0, 0.05) is 11.6 Å². The number of hydrogen-bond acceptors (Lipinski definition) is 5. The quantitative estimate of drug-likeness (QED) is 0.768. The molecule has 0 bridgehead atoms. The fraction of sp³-hybridized carbons (Fsp3) is 0.412. The highest BCUT2D eigenvalue weighted by Crippen LogP contribution is 2.40. The molecule has 3 heterocycles. The van der Waals surface area contributed by atoms with Gasteiger partial charge in [-0.15, -0.1) is 0 Å². The standard InChI is InChI=1S/C17H18N6O/c18-7-5-14(11-3-1-2-4-11)23-17(24)13(9-22-23)15-12-6-8-19-16(12)21-10-20-15/h6,8-11,14,24H,1-5H2,(H,19,20,21). The van der Waals surface area contributed by atoms with E-state index in [4.69, 9.17) is 0 Å². The van der Waals surface area contributed by atoms with E-state index >= 15 is 0 Å². The lowest BCUT2D eigenvalue weighted by Crippen LogP contribution is -2.18. The van der Waals surface area contributed by atoms with Crippen molar-refractivity contribution < 1.29 is 5.11 Å². The van der Waals surface area contributed by atoms with Gasteiger partial charge in [0.25, 0.3) is 0 Å². The molecular weight excluding hydrogens is 304 g/mol. The first-order chi connectivity index (χ1) is 11.8. The van der Waals surface area contributed by atoms with Crippen molar-refractivity contribution in [3.05, 3.63) is 24.8 Å². The Hall–Kier alpha value is -2.88. The van der Waals surface area contributed by atoms with Gasteiger partial charge < -0.3 is 10.1 Å². The van der Waals surface area contributed by atoms with Gasteiger partial charge in [0.1, 0.15) is 12.0 Å². The van der Waals surface area contributed by atoms with Crippen molar-refractivity contribution in [1.82, 2.24) is 24.7 Å². The topological polar surface area (TPSA) is 103 Å². The average molecular weight is 322 g/mol.